The van der Waals surface area contributed by atoms with E-state index < -0.39 is 18.2 Å². The Morgan fingerprint density at radius 2 is 2.33 bits per heavy atom. The molecule has 2 unspecified atom stereocenters. The van der Waals surface area contributed by atoms with E-state index in [4.69, 9.17) is 26.2 Å². The third-order valence-electron chi connectivity index (χ3n) is 2.19. The molecular formula is C10H10ClFO3. The van der Waals surface area contributed by atoms with Gasteiger partial charge in [0, 0.05) is 0 Å². The zero-order valence-corrected chi connectivity index (χ0v) is 8.58. The van der Waals surface area contributed by atoms with Crippen LogP contribution in [0.5, 0.6) is 0 Å². The molecule has 1 N–H and O–H groups in total. The Kier molecular flexibility index (Phi) is 3.21. The van der Waals surface area contributed by atoms with Crippen LogP contribution in [-0.2, 0) is 9.47 Å². The van der Waals surface area contributed by atoms with Gasteiger partial charge in [0.25, 0.3) is 0 Å². The second-order valence-electron chi connectivity index (χ2n) is 3.24. The highest BCUT2D eigenvalue weighted by molar-refractivity contribution is 6.31. The number of aliphatic hydroxyl groups is 1. The summed E-state index contributed by atoms with van der Waals surface area (Å²) in [6.07, 6.45) is -1.23. The molecule has 82 valence electrons. The van der Waals surface area contributed by atoms with Crippen molar-refractivity contribution in [3.8, 4) is 0 Å². The van der Waals surface area contributed by atoms with E-state index in [1.807, 2.05) is 0 Å². The van der Waals surface area contributed by atoms with E-state index in [2.05, 4.69) is 0 Å². The quantitative estimate of drug-likeness (QED) is 0.846. The summed E-state index contributed by atoms with van der Waals surface area (Å²) in [6, 6.07) is 4.37. The molecule has 0 aliphatic carbocycles. The van der Waals surface area contributed by atoms with Gasteiger partial charge in [-0.1, -0.05) is 17.7 Å². The maximum absolute atomic E-state index is 13.4. The Morgan fingerprint density at radius 1 is 1.53 bits per heavy atom. The number of benzene rings is 1. The van der Waals surface area contributed by atoms with Gasteiger partial charge in [0.05, 0.1) is 23.8 Å². The number of rotatable bonds is 2. The molecule has 0 amide bonds. The fraction of sp³-hybridized carbons (Fsp3) is 0.400. The second-order valence-corrected chi connectivity index (χ2v) is 3.65. The molecule has 1 aromatic rings. The smallest absolute Gasteiger partial charge is 0.188 e. The van der Waals surface area contributed by atoms with E-state index in [9.17, 15) is 4.39 Å². The average molecular weight is 233 g/mol. The van der Waals surface area contributed by atoms with Crippen LogP contribution in [0, 0.1) is 5.82 Å². The van der Waals surface area contributed by atoms with Gasteiger partial charge in [0.2, 0.25) is 0 Å². The van der Waals surface area contributed by atoms with E-state index in [-0.39, 0.29) is 23.8 Å². The minimum absolute atomic E-state index is 0.150. The third-order valence-corrected chi connectivity index (χ3v) is 2.52. The van der Waals surface area contributed by atoms with Crippen LogP contribution < -0.4 is 0 Å². The highest BCUT2D eigenvalue weighted by Crippen LogP contribution is 2.33. The summed E-state index contributed by atoms with van der Waals surface area (Å²) in [6.45, 7) is 0.0917. The number of halogens is 2. The van der Waals surface area contributed by atoms with Gasteiger partial charge in [-0.25, -0.2) is 4.39 Å². The van der Waals surface area contributed by atoms with E-state index in [0.717, 1.165) is 0 Å². The SMILES string of the molecule is OCC1COC(c2c(F)cccc2Cl)O1. The van der Waals surface area contributed by atoms with Crippen molar-refractivity contribution < 1.29 is 19.0 Å². The Balaban J connectivity index is 2.23. The van der Waals surface area contributed by atoms with Gasteiger partial charge >= 0.3 is 0 Å². The normalized spacial score (nSPS) is 25.8. The van der Waals surface area contributed by atoms with Crippen molar-refractivity contribution >= 4 is 11.6 Å². The molecule has 5 heteroatoms. The van der Waals surface area contributed by atoms with Crippen LogP contribution in [0.4, 0.5) is 4.39 Å². The van der Waals surface area contributed by atoms with Crippen LogP contribution in [-0.4, -0.2) is 24.4 Å². The van der Waals surface area contributed by atoms with Gasteiger partial charge < -0.3 is 14.6 Å². The van der Waals surface area contributed by atoms with Gasteiger partial charge in [-0.2, -0.15) is 0 Å². The molecule has 15 heavy (non-hydrogen) atoms. The van der Waals surface area contributed by atoms with E-state index in [1.165, 1.54) is 12.1 Å². The molecule has 1 fully saturated rings. The molecule has 1 saturated heterocycles. The van der Waals surface area contributed by atoms with Crippen molar-refractivity contribution in [2.75, 3.05) is 13.2 Å². The molecule has 2 atom stereocenters. The first-order valence-corrected chi connectivity index (χ1v) is 4.92. The maximum Gasteiger partial charge on any atom is 0.188 e. The summed E-state index contributed by atoms with van der Waals surface area (Å²) in [4.78, 5) is 0. The number of hydrogen-bond acceptors (Lipinski definition) is 3. The first-order chi connectivity index (χ1) is 7.22. The van der Waals surface area contributed by atoms with Crippen molar-refractivity contribution in [2.45, 2.75) is 12.4 Å². The Morgan fingerprint density at radius 3 is 2.93 bits per heavy atom. The molecule has 0 saturated carbocycles. The molecule has 2 rings (SSSR count). The molecule has 3 nitrogen and oxygen atoms in total. The van der Waals surface area contributed by atoms with Crippen molar-refractivity contribution in [3.05, 3.63) is 34.6 Å². The minimum atomic E-state index is -0.823. The van der Waals surface area contributed by atoms with Crippen molar-refractivity contribution in [1.29, 1.82) is 0 Å². The molecule has 0 spiro atoms. The second kappa shape index (κ2) is 4.45. The molecule has 1 heterocycles. The Hall–Kier alpha value is -0.680. The van der Waals surface area contributed by atoms with Crippen molar-refractivity contribution in [3.63, 3.8) is 0 Å². The lowest BCUT2D eigenvalue weighted by molar-refractivity contribution is -0.0695. The van der Waals surface area contributed by atoms with Crippen LogP contribution >= 0.6 is 11.6 Å². The fourth-order valence-corrected chi connectivity index (χ4v) is 1.68. The van der Waals surface area contributed by atoms with E-state index in [1.54, 1.807) is 6.07 Å². The Bertz CT molecular complexity index is 338. The summed E-state index contributed by atoms with van der Waals surface area (Å²) < 4.78 is 23.9. The van der Waals surface area contributed by atoms with E-state index >= 15 is 0 Å². The van der Waals surface area contributed by atoms with E-state index in [0.29, 0.717) is 0 Å². The van der Waals surface area contributed by atoms with Crippen LogP contribution in [0.15, 0.2) is 18.2 Å². The van der Waals surface area contributed by atoms with Crippen LogP contribution in [0.1, 0.15) is 11.9 Å². The van der Waals surface area contributed by atoms with Crippen LogP contribution in [0.3, 0.4) is 0 Å². The van der Waals surface area contributed by atoms with Crippen LogP contribution in [0.2, 0.25) is 5.02 Å². The summed E-state index contributed by atoms with van der Waals surface area (Å²) >= 11 is 5.84. The lowest BCUT2D eigenvalue weighted by Gasteiger charge is -2.12. The number of ether oxygens (including phenoxy) is 2. The Labute approximate surface area is 91.4 Å². The number of aliphatic hydroxyl groups excluding tert-OH is 1. The topological polar surface area (TPSA) is 38.7 Å². The average Bonchev–Trinajstić information content (AvgIpc) is 2.66. The summed E-state index contributed by atoms with van der Waals surface area (Å²) in [5.41, 5.74) is 0.190. The van der Waals surface area contributed by atoms with Gasteiger partial charge in [0.1, 0.15) is 11.9 Å². The molecule has 1 aliphatic rings. The maximum atomic E-state index is 13.4. The summed E-state index contributed by atoms with van der Waals surface area (Å²) in [7, 11) is 0. The first-order valence-electron chi connectivity index (χ1n) is 4.54. The van der Waals surface area contributed by atoms with Gasteiger partial charge in [0.15, 0.2) is 6.29 Å². The predicted octanol–water partition coefficient (Wildman–Crippen LogP) is 1.89. The zero-order chi connectivity index (χ0) is 10.8. The lowest BCUT2D eigenvalue weighted by Crippen LogP contribution is -2.14. The number of hydrogen-bond donors (Lipinski definition) is 1. The lowest BCUT2D eigenvalue weighted by atomic mass is 10.2. The van der Waals surface area contributed by atoms with Gasteiger partial charge in [-0.05, 0) is 12.1 Å². The third kappa shape index (κ3) is 2.13. The molecule has 0 aromatic heterocycles. The highest BCUT2D eigenvalue weighted by atomic mass is 35.5. The summed E-state index contributed by atoms with van der Waals surface area (Å²) in [5.74, 6) is -0.467. The van der Waals surface area contributed by atoms with Gasteiger partial charge in [-0.3, -0.25) is 0 Å². The highest BCUT2D eigenvalue weighted by Gasteiger charge is 2.30. The molecule has 0 radical (unpaired) electrons. The molecule has 1 aliphatic heterocycles. The first kappa shape index (κ1) is 10.8. The fourth-order valence-electron chi connectivity index (χ4n) is 1.43. The largest absolute Gasteiger partial charge is 0.394 e. The van der Waals surface area contributed by atoms with Crippen LogP contribution in [0.25, 0.3) is 0 Å². The standard InChI is InChI=1S/C10H10ClFO3/c11-7-2-1-3-8(12)9(7)10-14-5-6(4-13)15-10/h1-3,6,10,13H,4-5H2. The minimum Gasteiger partial charge on any atom is -0.394 e. The zero-order valence-electron chi connectivity index (χ0n) is 7.82. The van der Waals surface area contributed by atoms with Crippen molar-refractivity contribution in [1.82, 2.24) is 0 Å². The van der Waals surface area contributed by atoms with Gasteiger partial charge in [-0.15, -0.1) is 0 Å². The molecular weight excluding hydrogens is 223 g/mol. The summed E-state index contributed by atoms with van der Waals surface area (Å²) in [5, 5.41) is 9.10. The molecule has 0 bridgehead atoms. The van der Waals surface area contributed by atoms with Crippen molar-refractivity contribution in [2.24, 2.45) is 0 Å². The molecule has 1 aromatic carbocycles. The predicted molar refractivity (Wildman–Crippen MR) is 52.1 cm³/mol. The monoisotopic (exact) mass is 232 g/mol.